The molecular weight excluding hydrogens is 150 g/mol. The van der Waals surface area contributed by atoms with Crippen LogP contribution in [0, 0.1) is 5.92 Å². The molecule has 1 N–H and O–H groups in total. The van der Waals surface area contributed by atoms with Crippen LogP contribution in [0.25, 0.3) is 0 Å². The highest BCUT2D eigenvalue weighted by Gasteiger charge is 2.42. The van der Waals surface area contributed by atoms with Gasteiger partial charge >= 0.3 is 0 Å². The van der Waals surface area contributed by atoms with Crippen molar-refractivity contribution in [2.45, 2.75) is 51.3 Å². The van der Waals surface area contributed by atoms with Gasteiger partial charge in [-0.05, 0) is 31.6 Å². The fraction of sp³-hybridized carbons (Fsp3) is 1.00. The third-order valence-corrected chi connectivity index (χ3v) is 3.20. The molecule has 2 heteroatoms. The summed E-state index contributed by atoms with van der Waals surface area (Å²) in [4.78, 5) is 0. The highest BCUT2D eigenvalue weighted by atomic mass is 16.5. The molecule has 1 atom stereocenters. The number of rotatable bonds is 1. The minimum absolute atomic E-state index is 0.0922. The molecule has 0 amide bonds. The predicted octanol–water partition coefficient (Wildman–Crippen LogP) is 1.90. The average Bonchev–Trinajstić information content (AvgIpc) is 2.62. The van der Waals surface area contributed by atoms with Gasteiger partial charge in [0.1, 0.15) is 5.72 Å². The molecule has 1 aliphatic carbocycles. The lowest BCUT2D eigenvalue weighted by Gasteiger charge is -2.24. The summed E-state index contributed by atoms with van der Waals surface area (Å²) >= 11 is 0. The second-order valence-corrected chi connectivity index (χ2v) is 4.51. The first-order chi connectivity index (χ1) is 5.72. The van der Waals surface area contributed by atoms with Gasteiger partial charge in [-0.1, -0.05) is 13.8 Å². The third-order valence-electron chi connectivity index (χ3n) is 3.20. The summed E-state index contributed by atoms with van der Waals surface area (Å²) in [6.07, 6.45) is 5.10. The Hall–Kier alpha value is -0.0800. The molecule has 2 aliphatic rings. The van der Waals surface area contributed by atoms with Gasteiger partial charge < -0.3 is 4.74 Å². The topological polar surface area (TPSA) is 21.3 Å². The van der Waals surface area contributed by atoms with Crippen LogP contribution in [0.3, 0.4) is 0 Å². The van der Waals surface area contributed by atoms with Crippen molar-refractivity contribution in [3.05, 3.63) is 0 Å². The van der Waals surface area contributed by atoms with Gasteiger partial charge in [-0.3, -0.25) is 5.32 Å². The lowest BCUT2D eigenvalue weighted by molar-refractivity contribution is -0.00362. The Balaban J connectivity index is 1.96. The van der Waals surface area contributed by atoms with Crippen molar-refractivity contribution in [2.75, 3.05) is 6.61 Å². The fourth-order valence-electron chi connectivity index (χ4n) is 2.26. The van der Waals surface area contributed by atoms with Gasteiger partial charge in [0, 0.05) is 6.04 Å². The van der Waals surface area contributed by atoms with E-state index in [0.717, 1.165) is 6.61 Å². The monoisotopic (exact) mass is 169 g/mol. The molecule has 1 saturated heterocycles. The molecule has 70 valence electrons. The van der Waals surface area contributed by atoms with Crippen LogP contribution in [0.4, 0.5) is 0 Å². The Labute approximate surface area is 74.7 Å². The van der Waals surface area contributed by atoms with Crippen molar-refractivity contribution in [2.24, 2.45) is 5.92 Å². The number of hydrogen-bond acceptors (Lipinski definition) is 2. The quantitative estimate of drug-likeness (QED) is 0.647. The maximum atomic E-state index is 5.86. The Kier molecular flexibility index (Phi) is 2.13. The highest BCUT2D eigenvalue weighted by molar-refractivity contribution is 4.93. The van der Waals surface area contributed by atoms with Crippen LogP contribution in [0.5, 0.6) is 0 Å². The zero-order valence-corrected chi connectivity index (χ0v) is 8.10. The Morgan fingerprint density at radius 2 is 2.00 bits per heavy atom. The van der Waals surface area contributed by atoms with Crippen LogP contribution in [0.1, 0.15) is 39.5 Å². The molecule has 1 spiro atoms. The van der Waals surface area contributed by atoms with E-state index in [1.807, 2.05) is 0 Å². The highest BCUT2D eigenvalue weighted by Crippen LogP contribution is 2.35. The fourth-order valence-corrected chi connectivity index (χ4v) is 2.26. The van der Waals surface area contributed by atoms with Crippen molar-refractivity contribution in [3.63, 3.8) is 0 Å². The molecule has 1 heterocycles. The van der Waals surface area contributed by atoms with Crippen LogP contribution in [-0.2, 0) is 4.74 Å². The van der Waals surface area contributed by atoms with E-state index in [-0.39, 0.29) is 5.72 Å². The first kappa shape index (κ1) is 8.52. The third kappa shape index (κ3) is 1.38. The normalized spacial score (nSPS) is 33.8. The molecule has 2 rings (SSSR count). The van der Waals surface area contributed by atoms with Crippen molar-refractivity contribution >= 4 is 0 Å². The van der Waals surface area contributed by atoms with Gasteiger partial charge in [-0.15, -0.1) is 0 Å². The maximum absolute atomic E-state index is 5.86. The molecule has 1 saturated carbocycles. The lowest BCUT2D eigenvalue weighted by Crippen LogP contribution is -2.43. The van der Waals surface area contributed by atoms with Crippen molar-refractivity contribution in [1.82, 2.24) is 5.32 Å². The average molecular weight is 169 g/mol. The smallest absolute Gasteiger partial charge is 0.119 e. The molecule has 0 unspecified atom stereocenters. The molecule has 0 aromatic carbocycles. The molecule has 12 heavy (non-hydrogen) atoms. The largest absolute Gasteiger partial charge is 0.359 e. The standard InChI is InChI=1S/C10H19NO/c1-8(2)9-7-12-10(11-9)5-3-4-6-10/h8-9,11H,3-7H2,1-2H3/t9-/m1/s1. The van der Waals surface area contributed by atoms with Crippen molar-refractivity contribution in [1.29, 1.82) is 0 Å². The second-order valence-electron chi connectivity index (χ2n) is 4.51. The summed E-state index contributed by atoms with van der Waals surface area (Å²) in [6, 6.07) is 0.586. The number of nitrogens with one attached hydrogen (secondary N) is 1. The first-order valence-corrected chi connectivity index (χ1v) is 5.13. The second kappa shape index (κ2) is 3.00. The molecule has 0 radical (unpaired) electrons. The molecule has 1 aliphatic heterocycles. The molecule has 0 bridgehead atoms. The van der Waals surface area contributed by atoms with E-state index in [2.05, 4.69) is 19.2 Å². The summed E-state index contributed by atoms with van der Waals surface area (Å²) in [6.45, 7) is 5.43. The molecular formula is C10H19NO. The summed E-state index contributed by atoms with van der Waals surface area (Å²) in [7, 11) is 0. The Morgan fingerprint density at radius 3 is 2.50 bits per heavy atom. The van der Waals surface area contributed by atoms with Crippen LogP contribution >= 0.6 is 0 Å². The van der Waals surface area contributed by atoms with Gasteiger partial charge in [0.05, 0.1) is 6.61 Å². The van der Waals surface area contributed by atoms with Crippen LogP contribution in [0.2, 0.25) is 0 Å². The summed E-state index contributed by atoms with van der Waals surface area (Å²) in [5, 5.41) is 3.64. The van der Waals surface area contributed by atoms with Gasteiger partial charge in [0.15, 0.2) is 0 Å². The van der Waals surface area contributed by atoms with E-state index in [0.29, 0.717) is 12.0 Å². The van der Waals surface area contributed by atoms with E-state index < -0.39 is 0 Å². The van der Waals surface area contributed by atoms with Gasteiger partial charge in [-0.2, -0.15) is 0 Å². The summed E-state index contributed by atoms with van der Waals surface area (Å²) < 4.78 is 5.86. The predicted molar refractivity (Wildman–Crippen MR) is 48.9 cm³/mol. The van der Waals surface area contributed by atoms with E-state index >= 15 is 0 Å². The number of ether oxygens (including phenoxy) is 1. The molecule has 2 fully saturated rings. The van der Waals surface area contributed by atoms with Crippen LogP contribution < -0.4 is 5.32 Å². The zero-order valence-electron chi connectivity index (χ0n) is 8.10. The lowest BCUT2D eigenvalue weighted by atomic mass is 10.1. The molecule has 0 aromatic rings. The Bertz CT molecular complexity index is 161. The summed E-state index contributed by atoms with van der Waals surface area (Å²) in [5.74, 6) is 0.699. The maximum Gasteiger partial charge on any atom is 0.119 e. The summed E-state index contributed by atoms with van der Waals surface area (Å²) in [5.41, 5.74) is 0.0922. The number of hydrogen-bond donors (Lipinski definition) is 1. The van der Waals surface area contributed by atoms with Crippen molar-refractivity contribution in [3.8, 4) is 0 Å². The van der Waals surface area contributed by atoms with Gasteiger partial charge in [0.25, 0.3) is 0 Å². The van der Waals surface area contributed by atoms with Crippen LogP contribution in [0.15, 0.2) is 0 Å². The van der Waals surface area contributed by atoms with Gasteiger partial charge in [0.2, 0.25) is 0 Å². The van der Waals surface area contributed by atoms with E-state index in [9.17, 15) is 0 Å². The zero-order chi connectivity index (χ0) is 8.60. The SMILES string of the molecule is CC(C)[C@H]1COC2(CCCC2)N1. The van der Waals surface area contributed by atoms with E-state index in [1.54, 1.807) is 0 Å². The first-order valence-electron chi connectivity index (χ1n) is 5.13. The molecule has 0 aromatic heterocycles. The van der Waals surface area contributed by atoms with Crippen LogP contribution in [-0.4, -0.2) is 18.4 Å². The van der Waals surface area contributed by atoms with E-state index in [4.69, 9.17) is 4.74 Å². The van der Waals surface area contributed by atoms with Crippen molar-refractivity contribution < 1.29 is 4.74 Å². The minimum atomic E-state index is 0.0922. The minimum Gasteiger partial charge on any atom is -0.359 e. The van der Waals surface area contributed by atoms with Gasteiger partial charge in [-0.25, -0.2) is 0 Å². The molecule has 2 nitrogen and oxygen atoms in total. The van der Waals surface area contributed by atoms with E-state index in [1.165, 1.54) is 25.7 Å². The Morgan fingerprint density at radius 1 is 1.33 bits per heavy atom.